The summed E-state index contributed by atoms with van der Waals surface area (Å²) in [5.41, 5.74) is 0. The van der Waals surface area contributed by atoms with Gasteiger partial charge in [0.25, 0.3) is 0 Å². The third-order valence-corrected chi connectivity index (χ3v) is 1.71. The number of alkyl halides is 8. The van der Waals surface area contributed by atoms with E-state index in [4.69, 9.17) is 0 Å². The van der Waals surface area contributed by atoms with Gasteiger partial charge in [0.2, 0.25) is 0 Å². The molecule has 0 saturated heterocycles. The molecule has 0 unspecified atom stereocenters. The first-order chi connectivity index (χ1) is 7.70. The van der Waals surface area contributed by atoms with Crippen LogP contribution in [0.15, 0.2) is 12.7 Å². The highest BCUT2D eigenvalue weighted by molar-refractivity contribution is 5.81. The Labute approximate surface area is 95.2 Å². The summed E-state index contributed by atoms with van der Waals surface area (Å²) < 4.78 is 103. The Hall–Kier alpha value is -1.35. The lowest BCUT2D eigenvalue weighted by molar-refractivity contribution is -0.413. The Morgan fingerprint density at radius 3 is 1.67 bits per heavy atom. The summed E-state index contributed by atoms with van der Waals surface area (Å²) in [7, 11) is 0. The summed E-state index contributed by atoms with van der Waals surface area (Å²) in [6.45, 7) is 1.88. The van der Waals surface area contributed by atoms with E-state index in [0.717, 1.165) is 0 Å². The van der Waals surface area contributed by atoms with Crippen molar-refractivity contribution in [1.29, 1.82) is 0 Å². The summed E-state index contributed by atoms with van der Waals surface area (Å²) in [5.74, 6) is -20.7. The molecule has 18 heavy (non-hydrogen) atoms. The number of esters is 1. The van der Waals surface area contributed by atoms with E-state index in [1.807, 2.05) is 0 Å². The molecule has 0 aliphatic rings. The number of ether oxygens (including phenoxy) is 1. The Balaban J connectivity index is 5.49. The summed E-state index contributed by atoms with van der Waals surface area (Å²) in [6, 6.07) is 0. The molecule has 10 heteroatoms. The topological polar surface area (TPSA) is 26.3 Å². The lowest BCUT2D eigenvalue weighted by atomic mass is 10.1. The zero-order chi connectivity index (χ0) is 15.0. The standard InChI is InChI=1S/C8H6F8O2/c1-3-4(17)18-8(15,16)7(13,14)6(11,12)5(2,9)10/h3H,1H2,2H3. The fourth-order valence-electron chi connectivity index (χ4n) is 0.691. The first kappa shape index (κ1) is 16.6. The van der Waals surface area contributed by atoms with Crippen molar-refractivity contribution in [2.24, 2.45) is 0 Å². The van der Waals surface area contributed by atoms with Crippen LogP contribution in [0.1, 0.15) is 6.92 Å². The van der Waals surface area contributed by atoms with Crippen LogP contribution < -0.4 is 0 Å². The van der Waals surface area contributed by atoms with Gasteiger partial charge in [-0.05, 0) is 0 Å². The maximum atomic E-state index is 12.7. The molecule has 0 aliphatic heterocycles. The van der Waals surface area contributed by atoms with Crippen LogP contribution in [0.3, 0.4) is 0 Å². The molecule has 0 N–H and O–H groups in total. The second-order valence-corrected chi connectivity index (χ2v) is 3.18. The number of hydrogen-bond donors (Lipinski definition) is 0. The second kappa shape index (κ2) is 4.39. The molecule has 0 heterocycles. The molecular formula is C8H6F8O2. The minimum Gasteiger partial charge on any atom is -0.393 e. The first-order valence-electron chi connectivity index (χ1n) is 4.07. The normalized spacial score (nSPS) is 14.3. The molecule has 0 rings (SSSR count). The zero-order valence-electron chi connectivity index (χ0n) is 8.62. The highest BCUT2D eigenvalue weighted by atomic mass is 19.4. The molecule has 0 aromatic carbocycles. The Kier molecular flexibility index (Phi) is 4.06. The minimum absolute atomic E-state index is 0.0216. The molecular weight excluding hydrogens is 280 g/mol. The number of carbonyl (C=O) groups is 1. The Morgan fingerprint density at radius 1 is 1.00 bits per heavy atom. The van der Waals surface area contributed by atoms with Crippen molar-refractivity contribution in [1.82, 2.24) is 0 Å². The van der Waals surface area contributed by atoms with Crippen molar-refractivity contribution in [3.8, 4) is 0 Å². The lowest BCUT2D eigenvalue weighted by Crippen LogP contribution is -2.62. The van der Waals surface area contributed by atoms with Crippen molar-refractivity contribution >= 4 is 5.97 Å². The molecule has 0 amide bonds. The largest absolute Gasteiger partial charge is 0.473 e. The van der Waals surface area contributed by atoms with Gasteiger partial charge in [0.1, 0.15) is 0 Å². The third kappa shape index (κ3) is 2.56. The predicted molar refractivity (Wildman–Crippen MR) is 41.8 cm³/mol. The van der Waals surface area contributed by atoms with Crippen LogP contribution in [-0.4, -0.2) is 29.8 Å². The van der Waals surface area contributed by atoms with Crippen LogP contribution in [0.2, 0.25) is 0 Å². The zero-order valence-corrected chi connectivity index (χ0v) is 8.62. The van der Waals surface area contributed by atoms with Crippen molar-refractivity contribution in [3.63, 3.8) is 0 Å². The molecule has 0 radical (unpaired) electrons. The minimum atomic E-state index is -6.60. The predicted octanol–water partition coefficient (Wildman–Crippen LogP) is 3.23. The van der Waals surface area contributed by atoms with E-state index in [-0.39, 0.29) is 6.08 Å². The van der Waals surface area contributed by atoms with Crippen LogP contribution in [-0.2, 0) is 9.53 Å². The maximum Gasteiger partial charge on any atom is 0.473 e. The highest BCUT2D eigenvalue weighted by Crippen LogP contribution is 2.52. The average Bonchev–Trinajstić information content (AvgIpc) is 2.14. The van der Waals surface area contributed by atoms with E-state index in [1.165, 1.54) is 0 Å². The van der Waals surface area contributed by atoms with Gasteiger partial charge in [0.15, 0.2) is 0 Å². The molecule has 0 aliphatic carbocycles. The molecule has 0 fully saturated rings. The van der Waals surface area contributed by atoms with E-state index in [1.54, 1.807) is 0 Å². The van der Waals surface area contributed by atoms with Crippen molar-refractivity contribution in [3.05, 3.63) is 12.7 Å². The first-order valence-corrected chi connectivity index (χ1v) is 4.07. The van der Waals surface area contributed by atoms with Gasteiger partial charge in [-0.25, -0.2) is 4.79 Å². The molecule has 0 bridgehead atoms. The lowest BCUT2D eigenvalue weighted by Gasteiger charge is -2.34. The molecule has 0 saturated carbocycles. The van der Waals surface area contributed by atoms with Crippen LogP contribution >= 0.6 is 0 Å². The fourth-order valence-corrected chi connectivity index (χ4v) is 0.691. The van der Waals surface area contributed by atoms with Gasteiger partial charge >= 0.3 is 29.8 Å². The molecule has 106 valence electrons. The van der Waals surface area contributed by atoms with Gasteiger partial charge < -0.3 is 4.74 Å². The molecule has 0 aromatic heterocycles. The van der Waals surface area contributed by atoms with Gasteiger partial charge in [-0.2, -0.15) is 35.1 Å². The number of halogens is 8. The summed E-state index contributed by atoms with van der Waals surface area (Å²) in [6.07, 6.45) is -6.15. The number of carbonyl (C=O) groups excluding carboxylic acids is 1. The van der Waals surface area contributed by atoms with E-state index >= 15 is 0 Å². The second-order valence-electron chi connectivity index (χ2n) is 3.18. The van der Waals surface area contributed by atoms with Crippen LogP contribution in [0.5, 0.6) is 0 Å². The highest BCUT2D eigenvalue weighted by Gasteiger charge is 2.81. The van der Waals surface area contributed by atoms with Gasteiger partial charge in [0, 0.05) is 13.0 Å². The average molecular weight is 286 g/mol. The van der Waals surface area contributed by atoms with Gasteiger partial charge in [-0.3, -0.25) is 0 Å². The number of hydrogen-bond acceptors (Lipinski definition) is 2. The van der Waals surface area contributed by atoms with Crippen molar-refractivity contribution < 1.29 is 44.7 Å². The van der Waals surface area contributed by atoms with Crippen LogP contribution in [0, 0.1) is 0 Å². The van der Waals surface area contributed by atoms with E-state index in [9.17, 15) is 39.9 Å². The summed E-state index contributed by atoms with van der Waals surface area (Å²) in [5, 5.41) is 0. The third-order valence-electron chi connectivity index (χ3n) is 1.71. The van der Waals surface area contributed by atoms with E-state index in [0.29, 0.717) is 0 Å². The van der Waals surface area contributed by atoms with Gasteiger partial charge in [0.05, 0.1) is 0 Å². The van der Waals surface area contributed by atoms with Gasteiger partial charge in [-0.1, -0.05) is 6.58 Å². The van der Waals surface area contributed by atoms with Crippen molar-refractivity contribution in [2.75, 3.05) is 0 Å². The Morgan fingerprint density at radius 2 is 1.39 bits per heavy atom. The molecule has 0 atom stereocenters. The Bertz CT molecular complexity index is 343. The van der Waals surface area contributed by atoms with Crippen LogP contribution in [0.4, 0.5) is 35.1 Å². The molecule has 2 nitrogen and oxygen atoms in total. The van der Waals surface area contributed by atoms with Gasteiger partial charge in [-0.15, -0.1) is 0 Å². The van der Waals surface area contributed by atoms with Crippen molar-refractivity contribution in [2.45, 2.75) is 30.8 Å². The fraction of sp³-hybridized carbons (Fsp3) is 0.625. The SMILES string of the molecule is C=CC(=O)OC(F)(F)C(F)(F)C(F)(F)C(C)(F)F. The monoisotopic (exact) mass is 286 g/mol. The molecule has 0 spiro atoms. The summed E-state index contributed by atoms with van der Waals surface area (Å²) >= 11 is 0. The quantitative estimate of drug-likeness (QED) is 0.440. The number of rotatable bonds is 5. The van der Waals surface area contributed by atoms with E-state index in [2.05, 4.69) is 11.3 Å². The smallest absolute Gasteiger partial charge is 0.393 e. The molecule has 0 aromatic rings. The maximum absolute atomic E-state index is 12.7. The van der Waals surface area contributed by atoms with Crippen LogP contribution in [0.25, 0.3) is 0 Å². The summed E-state index contributed by atoms with van der Waals surface area (Å²) in [4.78, 5) is 10.3. The van der Waals surface area contributed by atoms with E-state index < -0.39 is 36.8 Å².